The molecular weight excluding hydrogens is 240 g/mol. The third-order valence-corrected chi connectivity index (χ3v) is 3.65. The highest BCUT2D eigenvalue weighted by atomic mass is 32.1. The standard InChI is InChI=1S/C15H12N2S/c1-2-4-12(5-3-1)10-14-11-18-15(17-14)13-6-8-16-9-7-13/h1-9,11H,10H2. The summed E-state index contributed by atoms with van der Waals surface area (Å²) in [6.45, 7) is 0. The predicted octanol–water partition coefficient (Wildman–Crippen LogP) is 3.80. The maximum atomic E-state index is 4.67. The second-order valence-electron chi connectivity index (χ2n) is 4.04. The van der Waals surface area contributed by atoms with E-state index in [1.807, 2.05) is 18.2 Å². The van der Waals surface area contributed by atoms with E-state index in [1.54, 1.807) is 23.7 Å². The molecule has 88 valence electrons. The maximum Gasteiger partial charge on any atom is 0.123 e. The monoisotopic (exact) mass is 252 g/mol. The summed E-state index contributed by atoms with van der Waals surface area (Å²) in [7, 11) is 0. The number of pyridine rings is 1. The molecule has 0 N–H and O–H groups in total. The molecule has 3 aromatic rings. The zero-order valence-corrected chi connectivity index (χ0v) is 10.6. The van der Waals surface area contributed by atoms with Crippen LogP contribution in [0.15, 0.2) is 60.2 Å². The summed E-state index contributed by atoms with van der Waals surface area (Å²) in [5, 5.41) is 3.19. The van der Waals surface area contributed by atoms with Crippen molar-refractivity contribution >= 4 is 11.3 Å². The second-order valence-corrected chi connectivity index (χ2v) is 4.90. The van der Waals surface area contributed by atoms with Crippen molar-refractivity contribution in [1.82, 2.24) is 9.97 Å². The fourth-order valence-electron chi connectivity index (χ4n) is 1.82. The summed E-state index contributed by atoms with van der Waals surface area (Å²) < 4.78 is 0. The summed E-state index contributed by atoms with van der Waals surface area (Å²) >= 11 is 1.68. The van der Waals surface area contributed by atoms with Crippen molar-refractivity contribution < 1.29 is 0 Å². The molecule has 2 heterocycles. The number of hydrogen-bond donors (Lipinski definition) is 0. The van der Waals surface area contributed by atoms with Crippen LogP contribution in [0.4, 0.5) is 0 Å². The highest BCUT2D eigenvalue weighted by Gasteiger charge is 2.04. The highest BCUT2D eigenvalue weighted by molar-refractivity contribution is 7.13. The molecule has 3 rings (SSSR count). The lowest BCUT2D eigenvalue weighted by Crippen LogP contribution is -1.87. The van der Waals surface area contributed by atoms with Crippen LogP contribution in [0.3, 0.4) is 0 Å². The minimum atomic E-state index is 0.891. The van der Waals surface area contributed by atoms with E-state index in [1.165, 1.54) is 5.56 Å². The van der Waals surface area contributed by atoms with Crippen molar-refractivity contribution in [2.45, 2.75) is 6.42 Å². The van der Waals surface area contributed by atoms with Gasteiger partial charge in [0.15, 0.2) is 0 Å². The van der Waals surface area contributed by atoms with Gasteiger partial charge in [-0.25, -0.2) is 4.98 Å². The van der Waals surface area contributed by atoms with Gasteiger partial charge in [-0.1, -0.05) is 30.3 Å². The van der Waals surface area contributed by atoms with Gasteiger partial charge >= 0.3 is 0 Å². The van der Waals surface area contributed by atoms with Crippen molar-refractivity contribution in [3.63, 3.8) is 0 Å². The molecule has 18 heavy (non-hydrogen) atoms. The van der Waals surface area contributed by atoms with Crippen molar-refractivity contribution in [2.75, 3.05) is 0 Å². The van der Waals surface area contributed by atoms with E-state index in [0.29, 0.717) is 0 Å². The summed E-state index contributed by atoms with van der Waals surface area (Å²) in [5.41, 5.74) is 3.55. The third kappa shape index (κ3) is 2.46. The first-order chi connectivity index (χ1) is 8.92. The topological polar surface area (TPSA) is 25.8 Å². The van der Waals surface area contributed by atoms with Crippen LogP contribution in [0.1, 0.15) is 11.3 Å². The average Bonchev–Trinajstić information content (AvgIpc) is 2.89. The SMILES string of the molecule is c1ccc(Cc2csc(-c3ccncc3)n2)cc1. The number of hydrogen-bond acceptors (Lipinski definition) is 3. The molecule has 0 spiro atoms. The highest BCUT2D eigenvalue weighted by Crippen LogP contribution is 2.23. The van der Waals surface area contributed by atoms with E-state index in [2.05, 4.69) is 39.6 Å². The molecule has 0 fully saturated rings. The molecule has 1 aromatic carbocycles. The molecule has 0 aliphatic rings. The van der Waals surface area contributed by atoms with Crippen LogP contribution in [0, 0.1) is 0 Å². The smallest absolute Gasteiger partial charge is 0.123 e. The van der Waals surface area contributed by atoms with Gasteiger partial charge in [0.1, 0.15) is 5.01 Å². The lowest BCUT2D eigenvalue weighted by atomic mass is 10.1. The number of benzene rings is 1. The van der Waals surface area contributed by atoms with Crippen molar-refractivity contribution in [2.24, 2.45) is 0 Å². The quantitative estimate of drug-likeness (QED) is 0.708. The molecule has 0 atom stereocenters. The Hall–Kier alpha value is -2.00. The molecule has 3 heteroatoms. The number of rotatable bonds is 3. The first-order valence-electron chi connectivity index (χ1n) is 5.80. The van der Waals surface area contributed by atoms with Crippen LogP contribution in [-0.2, 0) is 6.42 Å². The fourth-order valence-corrected chi connectivity index (χ4v) is 2.65. The number of thiazole rings is 1. The molecule has 0 bridgehead atoms. The van der Waals surface area contributed by atoms with Gasteiger partial charge in [0.2, 0.25) is 0 Å². The van der Waals surface area contributed by atoms with Gasteiger partial charge in [-0.05, 0) is 17.7 Å². The minimum Gasteiger partial charge on any atom is -0.265 e. The van der Waals surface area contributed by atoms with Gasteiger partial charge in [-0.3, -0.25) is 4.98 Å². The lowest BCUT2D eigenvalue weighted by molar-refractivity contribution is 1.11. The normalized spacial score (nSPS) is 10.4. The van der Waals surface area contributed by atoms with Crippen molar-refractivity contribution in [3.05, 3.63) is 71.5 Å². The predicted molar refractivity (Wildman–Crippen MR) is 74.6 cm³/mol. The lowest BCUT2D eigenvalue weighted by Gasteiger charge is -1.97. The van der Waals surface area contributed by atoms with Crippen molar-refractivity contribution in [1.29, 1.82) is 0 Å². The second kappa shape index (κ2) is 5.10. The van der Waals surface area contributed by atoms with Crippen LogP contribution in [-0.4, -0.2) is 9.97 Å². The number of aromatic nitrogens is 2. The summed E-state index contributed by atoms with van der Waals surface area (Å²) in [6, 6.07) is 14.4. The van der Waals surface area contributed by atoms with E-state index < -0.39 is 0 Å². The van der Waals surface area contributed by atoms with Crippen LogP contribution >= 0.6 is 11.3 Å². The molecular formula is C15H12N2S. The Bertz CT molecular complexity index is 617. The van der Waals surface area contributed by atoms with Crippen LogP contribution in [0.2, 0.25) is 0 Å². The Kier molecular flexibility index (Phi) is 3.15. The van der Waals surface area contributed by atoms with Gasteiger partial charge < -0.3 is 0 Å². The molecule has 2 nitrogen and oxygen atoms in total. The first kappa shape index (κ1) is 11.1. The summed E-state index contributed by atoms with van der Waals surface area (Å²) in [4.78, 5) is 8.69. The van der Waals surface area contributed by atoms with Gasteiger partial charge in [0.25, 0.3) is 0 Å². The number of nitrogens with zero attached hydrogens (tertiary/aromatic N) is 2. The Morgan fingerprint density at radius 2 is 1.72 bits per heavy atom. The Morgan fingerprint density at radius 3 is 2.50 bits per heavy atom. The molecule has 0 radical (unpaired) electrons. The molecule has 0 unspecified atom stereocenters. The van der Waals surface area contributed by atoms with Crippen LogP contribution < -0.4 is 0 Å². The molecule has 0 aliphatic carbocycles. The minimum absolute atomic E-state index is 0.891. The fraction of sp³-hybridized carbons (Fsp3) is 0.0667. The van der Waals surface area contributed by atoms with E-state index in [0.717, 1.165) is 22.7 Å². The van der Waals surface area contributed by atoms with E-state index in [-0.39, 0.29) is 0 Å². The zero-order chi connectivity index (χ0) is 12.2. The van der Waals surface area contributed by atoms with Gasteiger partial charge in [-0.15, -0.1) is 11.3 Å². The van der Waals surface area contributed by atoms with E-state index in [4.69, 9.17) is 0 Å². The molecule has 0 amide bonds. The third-order valence-electron chi connectivity index (χ3n) is 2.71. The molecule has 0 saturated heterocycles. The maximum absolute atomic E-state index is 4.67. The van der Waals surface area contributed by atoms with Crippen molar-refractivity contribution in [3.8, 4) is 10.6 Å². The van der Waals surface area contributed by atoms with Crippen LogP contribution in [0.25, 0.3) is 10.6 Å². The van der Waals surface area contributed by atoms with Gasteiger partial charge in [0.05, 0.1) is 5.69 Å². The first-order valence-corrected chi connectivity index (χ1v) is 6.68. The van der Waals surface area contributed by atoms with E-state index >= 15 is 0 Å². The zero-order valence-electron chi connectivity index (χ0n) is 9.78. The van der Waals surface area contributed by atoms with Crippen LogP contribution in [0.5, 0.6) is 0 Å². The Balaban J connectivity index is 1.82. The van der Waals surface area contributed by atoms with E-state index in [9.17, 15) is 0 Å². The van der Waals surface area contributed by atoms with Gasteiger partial charge in [0, 0.05) is 29.8 Å². The molecule has 0 aliphatic heterocycles. The Labute approximate surface area is 110 Å². The average molecular weight is 252 g/mol. The van der Waals surface area contributed by atoms with Gasteiger partial charge in [-0.2, -0.15) is 0 Å². The summed E-state index contributed by atoms with van der Waals surface area (Å²) in [6.07, 6.45) is 4.49. The largest absolute Gasteiger partial charge is 0.265 e. The summed E-state index contributed by atoms with van der Waals surface area (Å²) in [5.74, 6) is 0. The molecule has 0 saturated carbocycles. The molecule has 2 aromatic heterocycles. The Morgan fingerprint density at radius 1 is 0.944 bits per heavy atom.